The Kier molecular flexibility index (Phi) is 4.68. The number of ether oxygens (including phenoxy) is 1. The molecule has 0 saturated carbocycles. The standard InChI is InChI=1S/C17H23NO3/c1-11-6-7-15-14(8-11)9-16(21-15)17(19)20-13(3)12(2)10-18(4)5/h6-9,12-13H,10H2,1-5H3/t12-,13-/m0/s1. The van der Waals surface area contributed by atoms with Crippen molar-refractivity contribution in [2.75, 3.05) is 20.6 Å². The Bertz CT molecular complexity index is 630. The van der Waals surface area contributed by atoms with Gasteiger partial charge in [0.05, 0.1) is 0 Å². The Hall–Kier alpha value is -1.81. The molecule has 0 aliphatic carbocycles. The van der Waals surface area contributed by atoms with E-state index in [0.29, 0.717) is 5.58 Å². The third-order valence-corrected chi connectivity index (χ3v) is 3.62. The van der Waals surface area contributed by atoms with E-state index < -0.39 is 5.97 Å². The molecule has 114 valence electrons. The first-order valence-electron chi connectivity index (χ1n) is 7.22. The smallest absolute Gasteiger partial charge is 0.374 e. The number of nitrogens with zero attached hydrogens (tertiary/aromatic N) is 1. The number of carbonyl (C=O) groups is 1. The minimum atomic E-state index is -0.401. The number of aryl methyl sites for hydroxylation is 1. The summed E-state index contributed by atoms with van der Waals surface area (Å²) in [5, 5.41) is 0.927. The lowest BCUT2D eigenvalue weighted by Crippen LogP contribution is -2.30. The quantitative estimate of drug-likeness (QED) is 0.790. The molecule has 0 bridgehead atoms. The van der Waals surface area contributed by atoms with Gasteiger partial charge in [0.15, 0.2) is 0 Å². The van der Waals surface area contributed by atoms with E-state index >= 15 is 0 Å². The molecule has 1 heterocycles. The summed E-state index contributed by atoms with van der Waals surface area (Å²) in [6.07, 6.45) is -0.158. The second kappa shape index (κ2) is 6.31. The van der Waals surface area contributed by atoms with Gasteiger partial charge >= 0.3 is 5.97 Å². The van der Waals surface area contributed by atoms with Crippen molar-refractivity contribution in [3.63, 3.8) is 0 Å². The van der Waals surface area contributed by atoms with Crippen molar-refractivity contribution in [2.24, 2.45) is 5.92 Å². The summed E-state index contributed by atoms with van der Waals surface area (Å²) in [7, 11) is 4.01. The Morgan fingerprint density at radius 3 is 2.67 bits per heavy atom. The largest absolute Gasteiger partial charge is 0.456 e. The highest BCUT2D eigenvalue weighted by Crippen LogP contribution is 2.22. The average molecular weight is 289 g/mol. The Balaban J connectivity index is 2.08. The topological polar surface area (TPSA) is 42.7 Å². The molecule has 0 spiro atoms. The molecule has 1 aromatic carbocycles. The monoisotopic (exact) mass is 289 g/mol. The van der Waals surface area contributed by atoms with Crippen LogP contribution >= 0.6 is 0 Å². The normalized spacial score (nSPS) is 14.4. The van der Waals surface area contributed by atoms with Crippen LogP contribution in [0.4, 0.5) is 0 Å². The SMILES string of the molecule is Cc1ccc2oc(C(=O)O[C@@H](C)[C@@H](C)CN(C)C)cc2c1. The fraction of sp³-hybridized carbons (Fsp3) is 0.471. The van der Waals surface area contributed by atoms with Crippen LogP contribution in [0.5, 0.6) is 0 Å². The van der Waals surface area contributed by atoms with Gasteiger partial charge in [-0.2, -0.15) is 0 Å². The number of furan rings is 1. The van der Waals surface area contributed by atoms with Crippen LogP contribution in [0.25, 0.3) is 11.0 Å². The second-order valence-corrected chi connectivity index (χ2v) is 6.00. The van der Waals surface area contributed by atoms with Gasteiger partial charge in [-0.3, -0.25) is 0 Å². The molecule has 0 N–H and O–H groups in total. The van der Waals surface area contributed by atoms with E-state index in [1.165, 1.54) is 0 Å². The first-order valence-corrected chi connectivity index (χ1v) is 7.22. The second-order valence-electron chi connectivity index (χ2n) is 6.00. The third-order valence-electron chi connectivity index (χ3n) is 3.62. The van der Waals surface area contributed by atoms with Crippen molar-refractivity contribution in [3.8, 4) is 0 Å². The Morgan fingerprint density at radius 2 is 2.00 bits per heavy atom. The van der Waals surface area contributed by atoms with E-state index in [-0.39, 0.29) is 17.8 Å². The number of benzene rings is 1. The summed E-state index contributed by atoms with van der Waals surface area (Å²) in [5.74, 6) is 0.122. The van der Waals surface area contributed by atoms with Crippen molar-refractivity contribution in [1.29, 1.82) is 0 Å². The third kappa shape index (κ3) is 3.85. The number of rotatable bonds is 5. The van der Waals surface area contributed by atoms with Gasteiger partial charge in [0.1, 0.15) is 11.7 Å². The highest BCUT2D eigenvalue weighted by molar-refractivity contribution is 5.92. The molecule has 0 radical (unpaired) electrons. The lowest BCUT2D eigenvalue weighted by Gasteiger charge is -2.22. The van der Waals surface area contributed by atoms with E-state index in [4.69, 9.17) is 9.15 Å². The molecule has 4 nitrogen and oxygen atoms in total. The maximum atomic E-state index is 12.2. The van der Waals surface area contributed by atoms with E-state index in [1.807, 2.05) is 46.1 Å². The van der Waals surface area contributed by atoms with Crippen LogP contribution in [-0.2, 0) is 4.74 Å². The summed E-state index contributed by atoms with van der Waals surface area (Å²) < 4.78 is 11.1. The molecule has 2 atom stereocenters. The van der Waals surface area contributed by atoms with Crippen molar-refractivity contribution in [2.45, 2.75) is 26.9 Å². The van der Waals surface area contributed by atoms with E-state index in [2.05, 4.69) is 11.8 Å². The molecule has 0 aliphatic rings. The molecule has 0 unspecified atom stereocenters. The summed E-state index contributed by atoms with van der Waals surface area (Å²) >= 11 is 0. The molecule has 21 heavy (non-hydrogen) atoms. The van der Waals surface area contributed by atoms with Crippen molar-refractivity contribution < 1.29 is 13.9 Å². The number of hydrogen-bond acceptors (Lipinski definition) is 4. The molecule has 0 aliphatic heterocycles. The van der Waals surface area contributed by atoms with Gasteiger partial charge in [0, 0.05) is 17.8 Å². The van der Waals surface area contributed by atoms with Gasteiger partial charge in [-0.15, -0.1) is 0 Å². The lowest BCUT2D eigenvalue weighted by molar-refractivity contribution is 0.0156. The van der Waals surface area contributed by atoms with Gasteiger partial charge in [-0.25, -0.2) is 4.79 Å². The van der Waals surface area contributed by atoms with Crippen LogP contribution < -0.4 is 0 Å². The molecular formula is C17H23NO3. The molecule has 4 heteroatoms. The van der Waals surface area contributed by atoms with Crippen molar-refractivity contribution in [3.05, 3.63) is 35.6 Å². The predicted molar refractivity (Wildman–Crippen MR) is 83.5 cm³/mol. The van der Waals surface area contributed by atoms with Crippen LogP contribution in [0.3, 0.4) is 0 Å². The molecule has 2 aromatic rings. The highest BCUT2D eigenvalue weighted by Gasteiger charge is 2.21. The first kappa shape index (κ1) is 15.6. The molecular weight excluding hydrogens is 266 g/mol. The zero-order valence-electron chi connectivity index (χ0n) is 13.3. The summed E-state index contributed by atoms with van der Waals surface area (Å²) in [6, 6.07) is 7.57. The van der Waals surface area contributed by atoms with Crippen LogP contribution in [0.1, 0.15) is 30.0 Å². The van der Waals surface area contributed by atoms with E-state index in [0.717, 1.165) is 17.5 Å². The maximum Gasteiger partial charge on any atom is 0.374 e. The zero-order chi connectivity index (χ0) is 15.6. The Morgan fingerprint density at radius 1 is 1.29 bits per heavy atom. The van der Waals surface area contributed by atoms with Gasteiger partial charge < -0.3 is 14.1 Å². The number of hydrogen-bond donors (Lipinski definition) is 0. The zero-order valence-corrected chi connectivity index (χ0v) is 13.3. The van der Waals surface area contributed by atoms with Crippen molar-refractivity contribution >= 4 is 16.9 Å². The average Bonchev–Trinajstić information content (AvgIpc) is 2.80. The summed E-state index contributed by atoms with van der Waals surface area (Å²) in [6.45, 7) is 6.86. The fourth-order valence-electron chi connectivity index (χ4n) is 2.33. The molecule has 0 saturated heterocycles. The first-order chi connectivity index (χ1) is 9.86. The van der Waals surface area contributed by atoms with Gasteiger partial charge in [-0.05, 0) is 46.1 Å². The minimum absolute atomic E-state index is 0.158. The molecule has 1 aromatic heterocycles. The van der Waals surface area contributed by atoms with Crippen LogP contribution in [0.15, 0.2) is 28.7 Å². The van der Waals surface area contributed by atoms with Crippen molar-refractivity contribution in [1.82, 2.24) is 4.90 Å². The maximum absolute atomic E-state index is 12.2. The van der Waals surface area contributed by atoms with E-state index in [1.54, 1.807) is 6.07 Å². The predicted octanol–water partition coefficient (Wildman–Crippen LogP) is 3.48. The molecule has 0 fully saturated rings. The number of fused-ring (bicyclic) bond motifs is 1. The lowest BCUT2D eigenvalue weighted by atomic mass is 10.1. The van der Waals surface area contributed by atoms with Crippen LogP contribution in [-0.4, -0.2) is 37.6 Å². The number of carbonyl (C=O) groups excluding carboxylic acids is 1. The molecule has 2 rings (SSSR count). The minimum Gasteiger partial charge on any atom is -0.456 e. The molecule has 0 amide bonds. The van der Waals surface area contributed by atoms with Crippen LogP contribution in [0, 0.1) is 12.8 Å². The summed E-state index contributed by atoms with van der Waals surface area (Å²) in [5.41, 5.74) is 1.85. The van der Waals surface area contributed by atoms with E-state index in [9.17, 15) is 4.79 Å². The van der Waals surface area contributed by atoms with Gasteiger partial charge in [0.2, 0.25) is 5.76 Å². The number of esters is 1. The van der Waals surface area contributed by atoms with Crippen LogP contribution in [0.2, 0.25) is 0 Å². The highest BCUT2D eigenvalue weighted by atomic mass is 16.6. The Labute approximate surface area is 125 Å². The fourth-order valence-corrected chi connectivity index (χ4v) is 2.33. The van der Waals surface area contributed by atoms with Gasteiger partial charge in [-0.1, -0.05) is 18.6 Å². The summed E-state index contributed by atoms with van der Waals surface area (Å²) in [4.78, 5) is 14.3. The van der Waals surface area contributed by atoms with Gasteiger partial charge in [0.25, 0.3) is 0 Å².